The fraction of sp³-hybridized carbons (Fsp3) is 0.136. The van der Waals surface area contributed by atoms with Gasteiger partial charge in [0.25, 0.3) is 5.56 Å². The zero-order valence-electron chi connectivity index (χ0n) is 14.7. The number of hydrogen-bond acceptors (Lipinski definition) is 3. The lowest BCUT2D eigenvalue weighted by atomic mass is 10.0. The van der Waals surface area contributed by atoms with Crippen LogP contribution in [0.1, 0.15) is 5.56 Å². The maximum atomic E-state index is 13.2. The molecule has 4 nitrogen and oxygen atoms in total. The van der Waals surface area contributed by atoms with Crippen LogP contribution in [-0.2, 0) is 6.54 Å². The van der Waals surface area contributed by atoms with Gasteiger partial charge in [-0.25, -0.2) is 0 Å². The molecule has 0 aliphatic heterocycles. The Morgan fingerprint density at radius 1 is 0.769 bits per heavy atom. The van der Waals surface area contributed by atoms with Crippen molar-refractivity contribution in [2.24, 2.45) is 0 Å². The predicted octanol–water partition coefficient (Wildman–Crippen LogP) is 4.22. The van der Waals surface area contributed by atoms with E-state index in [1.54, 1.807) is 18.8 Å². The molecule has 4 aromatic rings. The number of pyridine rings is 1. The standard InChI is InChI=1S/C22H19NO3/c1-25-20-12-18-16-10-6-7-11-17(16)22(24)23(19(18)13-21(20)26-2)14-15-8-4-3-5-9-15/h3-13H,14H2,1-2H3. The van der Waals surface area contributed by atoms with E-state index in [0.29, 0.717) is 23.4 Å². The topological polar surface area (TPSA) is 40.5 Å². The molecule has 0 amide bonds. The molecule has 0 aliphatic carbocycles. The summed E-state index contributed by atoms with van der Waals surface area (Å²) < 4.78 is 12.7. The lowest BCUT2D eigenvalue weighted by molar-refractivity contribution is 0.355. The first-order valence-electron chi connectivity index (χ1n) is 8.44. The largest absolute Gasteiger partial charge is 0.493 e. The van der Waals surface area contributed by atoms with E-state index in [-0.39, 0.29) is 5.56 Å². The highest BCUT2D eigenvalue weighted by Crippen LogP contribution is 2.34. The second-order valence-electron chi connectivity index (χ2n) is 6.15. The smallest absolute Gasteiger partial charge is 0.259 e. The molecule has 26 heavy (non-hydrogen) atoms. The second kappa shape index (κ2) is 6.56. The lowest BCUT2D eigenvalue weighted by Crippen LogP contribution is -2.21. The minimum Gasteiger partial charge on any atom is -0.493 e. The molecule has 0 atom stereocenters. The first-order valence-corrected chi connectivity index (χ1v) is 8.44. The van der Waals surface area contributed by atoms with E-state index in [2.05, 4.69) is 0 Å². The summed E-state index contributed by atoms with van der Waals surface area (Å²) in [6, 6.07) is 21.5. The minimum atomic E-state index is -0.0100. The molecule has 0 saturated carbocycles. The molecule has 4 rings (SSSR count). The number of aromatic nitrogens is 1. The Morgan fingerprint density at radius 3 is 2.08 bits per heavy atom. The van der Waals surface area contributed by atoms with Crippen molar-refractivity contribution in [3.05, 3.63) is 82.6 Å². The zero-order chi connectivity index (χ0) is 18.1. The molecule has 0 aliphatic rings. The van der Waals surface area contributed by atoms with Crippen LogP contribution in [0, 0.1) is 0 Å². The summed E-state index contributed by atoms with van der Waals surface area (Å²) in [6.07, 6.45) is 0. The van der Waals surface area contributed by atoms with E-state index in [1.807, 2.05) is 66.7 Å². The molecule has 0 spiro atoms. The Morgan fingerprint density at radius 2 is 1.38 bits per heavy atom. The van der Waals surface area contributed by atoms with Crippen molar-refractivity contribution in [2.45, 2.75) is 6.54 Å². The van der Waals surface area contributed by atoms with Gasteiger partial charge in [-0.1, -0.05) is 48.5 Å². The van der Waals surface area contributed by atoms with Crippen molar-refractivity contribution >= 4 is 21.7 Å². The van der Waals surface area contributed by atoms with Crippen molar-refractivity contribution in [3.8, 4) is 11.5 Å². The quantitative estimate of drug-likeness (QED) is 0.520. The normalized spacial score (nSPS) is 11.0. The van der Waals surface area contributed by atoms with Gasteiger partial charge >= 0.3 is 0 Å². The molecule has 0 saturated heterocycles. The van der Waals surface area contributed by atoms with E-state index in [4.69, 9.17) is 9.47 Å². The van der Waals surface area contributed by atoms with Crippen LogP contribution >= 0.6 is 0 Å². The molecular weight excluding hydrogens is 326 g/mol. The van der Waals surface area contributed by atoms with Crippen LogP contribution in [0.2, 0.25) is 0 Å². The fourth-order valence-corrected chi connectivity index (χ4v) is 3.39. The van der Waals surface area contributed by atoms with E-state index in [9.17, 15) is 4.79 Å². The Balaban J connectivity index is 2.10. The average molecular weight is 345 g/mol. The van der Waals surface area contributed by atoms with E-state index in [0.717, 1.165) is 21.9 Å². The van der Waals surface area contributed by atoms with Crippen molar-refractivity contribution in [1.29, 1.82) is 0 Å². The van der Waals surface area contributed by atoms with Gasteiger partial charge in [-0.3, -0.25) is 4.79 Å². The van der Waals surface area contributed by atoms with Gasteiger partial charge in [0.15, 0.2) is 11.5 Å². The van der Waals surface area contributed by atoms with Crippen LogP contribution in [-0.4, -0.2) is 18.8 Å². The van der Waals surface area contributed by atoms with Gasteiger partial charge in [-0.05, 0) is 23.1 Å². The predicted molar refractivity (Wildman–Crippen MR) is 104 cm³/mol. The Labute approximate surface area is 151 Å². The number of benzene rings is 3. The SMILES string of the molecule is COc1cc2c3ccccc3c(=O)n(Cc3ccccc3)c2cc1OC. The van der Waals surface area contributed by atoms with Gasteiger partial charge in [-0.2, -0.15) is 0 Å². The molecule has 0 bridgehead atoms. The fourth-order valence-electron chi connectivity index (χ4n) is 3.39. The number of ether oxygens (including phenoxy) is 2. The summed E-state index contributed by atoms with van der Waals surface area (Å²) in [5.41, 5.74) is 1.89. The first kappa shape index (κ1) is 16.2. The maximum absolute atomic E-state index is 13.2. The Hall–Kier alpha value is -3.27. The summed E-state index contributed by atoms with van der Waals surface area (Å²) in [5, 5.41) is 2.58. The third-order valence-electron chi connectivity index (χ3n) is 4.67. The lowest BCUT2D eigenvalue weighted by Gasteiger charge is -2.16. The average Bonchev–Trinajstić information content (AvgIpc) is 2.71. The van der Waals surface area contributed by atoms with Crippen molar-refractivity contribution in [2.75, 3.05) is 14.2 Å². The van der Waals surface area contributed by atoms with Crippen LogP contribution in [0.4, 0.5) is 0 Å². The van der Waals surface area contributed by atoms with E-state index < -0.39 is 0 Å². The van der Waals surface area contributed by atoms with Crippen LogP contribution in [0.5, 0.6) is 11.5 Å². The molecule has 0 unspecified atom stereocenters. The van der Waals surface area contributed by atoms with Gasteiger partial charge in [-0.15, -0.1) is 0 Å². The summed E-state index contributed by atoms with van der Waals surface area (Å²) in [6.45, 7) is 0.497. The number of hydrogen-bond donors (Lipinski definition) is 0. The molecule has 130 valence electrons. The van der Waals surface area contributed by atoms with Crippen LogP contribution in [0.25, 0.3) is 21.7 Å². The monoisotopic (exact) mass is 345 g/mol. The molecule has 4 heteroatoms. The highest BCUT2D eigenvalue weighted by atomic mass is 16.5. The molecule has 3 aromatic carbocycles. The van der Waals surface area contributed by atoms with Gasteiger partial charge < -0.3 is 14.0 Å². The molecule has 0 radical (unpaired) electrons. The van der Waals surface area contributed by atoms with Gasteiger partial charge in [0.05, 0.1) is 26.3 Å². The number of rotatable bonds is 4. The van der Waals surface area contributed by atoms with Crippen molar-refractivity contribution in [3.63, 3.8) is 0 Å². The van der Waals surface area contributed by atoms with Crippen LogP contribution < -0.4 is 15.0 Å². The van der Waals surface area contributed by atoms with Crippen molar-refractivity contribution in [1.82, 2.24) is 4.57 Å². The van der Waals surface area contributed by atoms with Crippen molar-refractivity contribution < 1.29 is 9.47 Å². The highest BCUT2D eigenvalue weighted by molar-refractivity contribution is 6.06. The summed E-state index contributed by atoms with van der Waals surface area (Å²) >= 11 is 0. The molecule has 1 heterocycles. The number of fused-ring (bicyclic) bond motifs is 3. The van der Waals surface area contributed by atoms with E-state index in [1.165, 1.54) is 0 Å². The van der Waals surface area contributed by atoms with Gasteiger partial charge in [0, 0.05) is 16.8 Å². The summed E-state index contributed by atoms with van der Waals surface area (Å²) in [5.74, 6) is 1.26. The molecule has 1 aromatic heterocycles. The third kappa shape index (κ3) is 2.60. The Bertz CT molecular complexity index is 1150. The summed E-state index contributed by atoms with van der Waals surface area (Å²) in [4.78, 5) is 13.2. The third-order valence-corrected chi connectivity index (χ3v) is 4.67. The maximum Gasteiger partial charge on any atom is 0.259 e. The summed E-state index contributed by atoms with van der Waals surface area (Å²) in [7, 11) is 3.22. The second-order valence-corrected chi connectivity index (χ2v) is 6.15. The van der Waals surface area contributed by atoms with Crippen LogP contribution in [0.3, 0.4) is 0 Å². The highest BCUT2D eigenvalue weighted by Gasteiger charge is 2.15. The number of methoxy groups -OCH3 is 2. The zero-order valence-corrected chi connectivity index (χ0v) is 14.7. The van der Waals surface area contributed by atoms with Gasteiger partial charge in [0.1, 0.15) is 0 Å². The first-order chi connectivity index (χ1) is 12.7. The minimum absolute atomic E-state index is 0.0100. The molecule has 0 N–H and O–H groups in total. The number of nitrogens with zero attached hydrogens (tertiary/aromatic N) is 1. The van der Waals surface area contributed by atoms with E-state index >= 15 is 0 Å². The van der Waals surface area contributed by atoms with Gasteiger partial charge in [0.2, 0.25) is 0 Å². The van der Waals surface area contributed by atoms with Crippen LogP contribution in [0.15, 0.2) is 71.5 Å². The molecular formula is C22H19NO3. The Kier molecular flexibility index (Phi) is 4.09. The molecule has 0 fully saturated rings.